The lowest BCUT2D eigenvalue weighted by atomic mass is 9.89. The molecule has 1 aliphatic rings. The number of carbonyl (C=O) groups excluding carboxylic acids is 1. The van der Waals surface area contributed by atoms with E-state index in [0.29, 0.717) is 43.1 Å². The number of methoxy groups -OCH3 is 1. The molecule has 1 N–H and O–H groups in total. The highest BCUT2D eigenvalue weighted by Gasteiger charge is 2.29. The first kappa shape index (κ1) is 25.7. The van der Waals surface area contributed by atoms with E-state index in [0.717, 1.165) is 31.4 Å². The lowest BCUT2D eigenvalue weighted by Crippen LogP contribution is -2.34. The van der Waals surface area contributed by atoms with Crippen molar-refractivity contribution in [3.8, 4) is 17.5 Å². The second-order valence-electron chi connectivity index (χ2n) is 8.81. The number of nitrogens with zero attached hydrogens (tertiary/aromatic N) is 4. The summed E-state index contributed by atoms with van der Waals surface area (Å²) < 4.78 is 30.8. The number of imidazole rings is 1. The van der Waals surface area contributed by atoms with Gasteiger partial charge in [0.2, 0.25) is 0 Å². The molecule has 1 fully saturated rings. The van der Waals surface area contributed by atoms with Crippen molar-refractivity contribution < 1.29 is 17.9 Å². The van der Waals surface area contributed by atoms with E-state index in [1.807, 2.05) is 13.0 Å². The molecule has 0 aromatic carbocycles. The van der Waals surface area contributed by atoms with E-state index in [1.165, 1.54) is 6.26 Å². The summed E-state index contributed by atoms with van der Waals surface area (Å²) in [5.41, 5.74) is 1.67. The summed E-state index contributed by atoms with van der Waals surface area (Å²) in [6, 6.07) is 3.99. The average Bonchev–Trinajstić information content (AvgIpc) is 3.21. The van der Waals surface area contributed by atoms with Crippen LogP contribution in [0.25, 0.3) is 5.69 Å². The summed E-state index contributed by atoms with van der Waals surface area (Å²) in [7, 11) is -1.46. The number of ether oxygens (including phenoxy) is 1. The van der Waals surface area contributed by atoms with Crippen LogP contribution in [-0.4, -0.2) is 54.0 Å². The van der Waals surface area contributed by atoms with Gasteiger partial charge < -0.3 is 10.1 Å². The number of hydrogen-bond donors (Lipinski definition) is 1. The van der Waals surface area contributed by atoms with Crippen LogP contribution < -0.4 is 10.1 Å². The molecule has 34 heavy (non-hydrogen) atoms. The van der Waals surface area contributed by atoms with Gasteiger partial charge in [0.15, 0.2) is 11.4 Å². The van der Waals surface area contributed by atoms with Crippen LogP contribution in [0.5, 0.6) is 5.75 Å². The Kier molecular flexibility index (Phi) is 8.31. The molecule has 184 valence electrons. The van der Waals surface area contributed by atoms with E-state index in [9.17, 15) is 18.5 Å². The highest BCUT2D eigenvalue weighted by atomic mass is 32.2. The summed E-state index contributed by atoms with van der Waals surface area (Å²) in [6.07, 6.45) is 7.92. The molecular formula is C24H33N5O4S. The third-order valence-corrected chi connectivity index (χ3v) is 8.09. The molecule has 0 bridgehead atoms. The fraction of sp³-hybridized carbons (Fsp3) is 0.583. The number of rotatable bonds is 9. The number of amides is 1. The van der Waals surface area contributed by atoms with Gasteiger partial charge in [-0.15, -0.1) is 0 Å². The van der Waals surface area contributed by atoms with Gasteiger partial charge in [-0.05, 0) is 38.0 Å². The number of aromatic nitrogens is 3. The SMILES string of the molecule is CCCc1cc(OC)c(-n2c(CC)nc(C(=O)NCC3CCC(S(C)(=O)=O)CC3)c2C#N)cn1. The molecule has 2 heterocycles. The normalized spacial score (nSPS) is 18.3. The number of nitrogens with one attached hydrogen (secondary N) is 1. The van der Waals surface area contributed by atoms with Crippen molar-refractivity contribution in [2.75, 3.05) is 19.9 Å². The van der Waals surface area contributed by atoms with Gasteiger partial charge in [0, 0.05) is 31.0 Å². The largest absolute Gasteiger partial charge is 0.494 e. The topological polar surface area (TPSA) is 127 Å². The summed E-state index contributed by atoms with van der Waals surface area (Å²) in [6.45, 7) is 4.40. The molecule has 2 aromatic heterocycles. The minimum absolute atomic E-state index is 0.0730. The van der Waals surface area contributed by atoms with Crippen LogP contribution in [-0.2, 0) is 22.7 Å². The van der Waals surface area contributed by atoms with Gasteiger partial charge >= 0.3 is 0 Å². The highest BCUT2D eigenvalue weighted by molar-refractivity contribution is 7.91. The van der Waals surface area contributed by atoms with Crippen LogP contribution in [0, 0.1) is 17.2 Å². The average molecular weight is 488 g/mol. The van der Waals surface area contributed by atoms with Crippen molar-refractivity contribution in [1.82, 2.24) is 19.9 Å². The molecule has 1 amide bonds. The fourth-order valence-electron chi connectivity index (χ4n) is 4.50. The summed E-state index contributed by atoms with van der Waals surface area (Å²) in [4.78, 5) is 22.0. The molecule has 1 aliphatic carbocycles. The third-order valence-electron chi connectivity index (χ3n) is 6.40. The molecule has 0 atom stereocenters. The second-order valence-corrected chi connectivity index (χ2v) is 11.1. The van der Waals surface area contributed by atoms with E-state index >= 15 is 0 Å². The zero-order chi connectivity index (χ0) is 24.9. The second kappa shape index (κ2) is 11.0. The molecule has 3 rings (SSSR count). The van der Waals surface area contributed by atoms with Gasteiger partial charge in [-0.2, -0.15) is 5.26 Å². The van der Waals surface area contributed by atoms with Gasteiger partial charge in [-0.3, -0.25) is 14.3 Å². The van der Waals surface area contributed by atoms with Gasteiger partial charge in [0.1, 0.15) is 33.2 Å². The quantitative estimate of drug-likeness (QED) is 0.576. The zero-order valence-electron chi connectivity index (χ0n) is 20.3. The Labute approximate surface area is 201 Å². The maximum absolute atomic E-state index is 13.0. The Morgan fingerprint density at radius 3 is 2.56 bits per heavy atom. The molecule has 2 aromatic rings. The molecule has 9 nitrogen and oxygen atoms in total. The van der Waals surface area contributed by atoms with Crippen molar-refractivity contribution in [3.05, 3.63) is 35.2 Å². The van der Waals surface area contributed by atoms with E-state index in [4.69, 9.17) is 4.74 Å². The van der Waals surface area contributed by atoms with E-state index in [1.54, 1.807) is 17.9 Å². The molecule has 0 saturated heterocycles. The van der Waals surface area contributed by atoms with Crippen molar-refractivity contribution >= 4 is 15.7 Å². The van der Waals surface area contributed by atoms with Crippen LogP contribution >= 0.6 is 0 Å². The predicted molar refractivity (Wildman–Crippen MR) is 129 cm³/mol. The summed E-state index contributed by atoms with van der Waals surface area (Å²) in [5.74, 6) is 0.927. The number of carbonyl (C=O) groups is 1. The van der Waals surface area contributed by atoms with Crippen molar-refractivity contribution in [2.45, 2.75) is 64.0 Å². The van der Waals surface area contributed by atoms with Crippen LogP contribution in [0.4, 0.5) is 0 Å². The fourth-order valence-corrected chi connectivity index (χ4v) is 5.63. The van der Waals surface area contributed by atoms with Crippen LogP contribution in [0.15, 0.2) is 12.3 Å². The zero-order valence-corrected chi connectivity index (χ0v) is 21.1. The first-order valence-electron chi connectivity index (χ1n) is 11.7. The predicted octanol–water partition coefficient (Wildman–Crippen LogP) is 3.00. The van der Waals surface area contributed by atoms with E-state index in [-0.39, 0.29) is 22.6 Å². The Bertz CT molecular complexity index is 1170. The Hall–Kier alpha value is -2.93. The molecule has 0 aliphatic heterocycles. The molecule has 0 radical (unpaired) electrons. The summed E-state index contributed by atoms with van der Waals surface area (Å²) in [5, 5.41) is 12.5. The van der Waals surface area contributed by atoms with Crippen LogP contribution in [0.2, 0.25) is 0 Å². The Morgan fingerprint density at radius 1 is 1.29 bits per heavy atom. The lowest BCUT2D eigenvalue weighted by Gasteiger charge is -2.27. The molecular weight excluding hydrogens is 454 g/mol. The number of nitriles is 1. The van der Waals surface area contributed by atoms with Gasteiger partial charge in [0.25, 0.3) is 5.91 Å². The van der Waals surface area contributed by atoms with Crippen molar-refractivity contribution in [2.24, 2.45) is 5.92 Å². The number of pyridine rings is 1. The van der Waals surface area contributed by atoms with Crippen molar-refractivity contribution in [1.29, 1.82) is 5.26 Å². The highest BCUT2D eigenvalue weighted by Crippen LogP contribution is 2.29. The van der Waals surface area contributed by atoms with Crippen LogP contribution in [0.1, 0.15) is 73.7 Å². The molecule has 10 heteroatoms. The maximum Gasteiger partial charge on any atom is 0.272 e. The number of sulfone groups is 1. The third kappa shape index (κ3) is 5.58. The van der Waals surface area contributed by atoms with Gasteiger partial charge in [-0.1, -0.05) is 20.3 Å². The van der Waals surface area contributed by atoms with Gasteiger partial charge in [-0.25, -0.2) is 13.4 Å². The first-order chi connectivity index (χ1) is 16.2. The standard InChI is InChI=1S/C24H33N5O4S/c1-5-7-17-12-21(33-3)20(15-26-17)29-19(13-25)23(28-22(29)6-2)24(30)27-14-16-8-10-18(11-9-16)34(4,31)32/h12,15-16,18H,5-11,14H2,1-4H3,(H,27,30). The molecule has 0 spiro atoms. The lowest BCUT2D eigenvalue weighted by molar-refractivity contribution is 0.0938. The smallest absolute Gasteiger partial charge is 0.272 e. The minimum Gasteiger partial charge on any atom is -0.494 e. The van der Waals surface area contributed by atoms with Gasteiger partial charge in [0.05, 0.1) is 18.6 Å². The first-order valence-corrected chi connectivity index (χ1v) is 13.7. The number of aryl methyl sites for hydroxylation is 2. The van der Waals surface area contributed by atoms with Crippen molar-refractivity contribution in [3.63, 3.8) is 0 Å². The van der Waals surface area contributed by atoms with E-state index < -0.39 is 15.7 Å². The maximum atomic E-state index is 13.0. The minimum atomic E-state index is -3.03. The molecule has 0 unspecified atom stereocenters. The monoisotopic (exact) mass is 487 g/mol. The number of hydrogen-bond acceptors (Lipinski definition) is 7. The Balaban J connectivity index is 1.82. The van der Waals surface area contributed by atoms with Crippen LogP contribution in [0.3, 0.4) is 0 Å². The molecule has 1 saturated carbocycles. The Morgan fingerprint density at radius 2 is 2.00 bits per heavy atom. The summed E-state index contributed by atoms with van der Waals surface area (Å²) >= 11 is 0. The van der Waals surface area contributed by atoms with E-state index in [2.05, 4.69) is 28.3 Å².